The van der Waals surface area contributed by atoms with Crippen molar-refractivity contribution in [1.82, 2.24) is 4.31 Å². The van der Waals surface area contributed by atoms with Gasteiger partial charge < -0.3 is 5.11 Å². The molecule has 0 aliphatic carbocycles. The summed E-state index contributed by atoms with van der Waals surface area (Å²) in [6.45, 7) is 6.47. The molecule has 1 N–H and O–H groups in total. The minimum absolute atomic E-state index is 0.0710. The van der Waals surface area contributed by atoms with E-state index in [1.54, 1.807) is 30.3 Å². The summed E-state index contributed by atoms with van der Waals surface area (Å²) in [4.78, 5) is 11.7. The third-order valence-electron chi connectivity index (χ3n) is 5.04. The molecule has 0 aliphatic rings. The summed E-state index contributed by atoms with van der Waals surface area (Å²) in [6.07, 6.45) is 0.597. The van der Waals surface area contributed by atoms with E-state index in [-0.39, 0.29) is 11.7 Å². The Labute approximate surface area is 212 Å². The van der Waals surface area contributed by atoms with Crippen molar-refractivity contribution in [2.75, 3.05) is 13.1 Å². The van der Waals surface area contributed by atoms with Crippen LogP contribution < -0.4 is 0 Å². The van der Waals surface area contributed by atoms with Crippen LogP contribution >= 0.6 is 46.3 Å². The first-order valence-electron chi connectivity index (χ1n) is 10.4. The zero-order chi connectivity index (χ0) is 24.3. The number of rotatable bonds is 10. The van der Waals surface area contributed by atoms with Crippen LogP contribution in [0.4, 0.5) is 0 Å². The number of aryl methyl sites for hydroxylation is 1. The second-order valence-electron chi connectivity index (χ2n) is 7.78. The monoisotopic (exact) mass is 545 g/mol. The van der Waals surface area contributed by atoms with Crippen LogP contribution in [0.5, 0.6) is 0 Å². The van der Waals surface area contributed by atoms with Crippen molar-refractivity contribution in [1.29, 1.82) is 0 Å². The molecule has 3 aromatic rings. The van der Waals surface area contributed by atoms with E-state index in [0.29, 0.717) is 39.3 Å². The predicted molar refractivity (Wildman–Crippen MR) is 139 cm³/mol. The van der Waals surface area contributed by atoms with Crippen LogP contribution in [0.3, 0.4) is 0 Å². The van der Waals surface area contributed by atoms with E-state index in [1.165, 1.54) is 27.4 Å². The van der Waals surface area contributed by atoms with Gasteiger partial charge in [-0.15, -0.1) is 23.1 Å². The molecule has 178 valence electrons. The Balaban J connectivity index is 1.83. The maximum atomic E-state index is 13.6. The fraction of sp³-hybridized carbons (Fsp3) is 0.348. The third-order valence-corrected chi connectivity index (χ3v) is 10.6. The highest BCUT2D eigenvalue weighted by atomic mass is 35.5. The van der Waals surface area contributed by atoms with Crippen LogP contribution in [0.25, 0.3) is 10.1 Å². The van der Waals surface area contributed by atoms with E-state index in [2.05, 4.69) is 0 Å². The van der Waals surface area contributed by atoms with Crippen molar-refractivity contribution >= 4 is 72.4 Å². The second-order valence-corrected chi connectivity index (χ2v) is 13.3. The zero-order valence-electron chi connectivity index (χ0n) is 18.5. The molecule has 0 fully saturated rings. The summed E-state index contributed by atoms with van der Waals surface area (Å²) in [5.41, 5.74) is 1.34. The van der Waals surface area contributed by atoms with Gasteiger partial charge in [0.2, 0.25) is 0 Å². The maximum absolute atomic E-state index is 13.6. The fourth-order valence-corrected chi connectivity index (χ4v) is 8.67. The lowest BCUT2D eigenvalue weighted by atomic mass is 10.1. The number of sulfonamides is 1. The summed E-state index contributed by atoms with van der Waals surface area (Å²) >= 11 is 15.2. The van der Waals surface area contributed by atoms with Crippen LogP contribution in [-0.2, 0) is 21.2 Å². The number of carboxylic acid groups (broad SMARTS) is 1. The molecular formula is C23H25Cl2NO4S3. The Morgan fingerprint density at radius 2 is 1.94 bits per heavy atom. The molecule has 0 bridgehead atoms. The molecule has 0 radical (unpaired) electrons. The molecule has 2 aromatic carbocycles. The van der Waals surface area contributed by atoms with Gasteiger partial charge in [-0.3, -0.25) is 4.79 Å². The van der Waals surface area contributed by atoms with E-state index in [4.69, 9.17) is 28.3 Å². The first-order valence-corrected chi connectivity index (χ1v) is 14.3. The number of fused-ring (bicyclic) bond motifs is 1. The molecule has 5 nitrogen and oxygen atoms in total. The fourth-order valence-electron chi connectivity index (χ4n) is 3.56. The van der Waals surface area contributed by atoms with Gasteiger partial charge in [0.25, 0.3) is 10.0 Å². The summed E-state index contributed by atoms with van der Waals surface area (Å²) in [5.74, 6) is -0.918. The normalized spacial score (nSPS) is 13.0. The van der Waals surface area contributed by atoms with Crippen molar-refractivity contribution in [3.05, 3.63) is 57.6 Å². The van der Waals surface area contributed by atoms with E-state index in [0.717, 1.165) is 20.5 Å². The lowest BCUT2D eigenvalue weighted by Crippen LogP contribution is -2.36. The van der Waals surface area contributed by atoms with E-state index < -0.39 is 16.0 Å². The highest BCUT2D eigenvalue weighted by molar-refractivity contribution is 8.00. The molecule has 0 amide bonds. The predicted octanol–water partition coefficient (Wildman–Crippen LogP) is 6.73. The number of carbonyl (C=O) groups is 1. The number of thiophene rings is 1. The van der Waals surface area contributed by atoms with Gasteiger partial charge in [-0.25, -0.2) is 8.42 Å². The molecule has 33 heavy (non-hydrogen) atoms. The number of aliphatic carboxylic acids is 1. The molecule has 0 spiro atoms. The molecule has 0 saturated carbocycles. The molecular weight excluding hydrogens is 521 g/mol. The Bertz CT molecular complexity index is 1270. The van der Waals surface area contributed by atoms with Crippen molar-refractivity contribution in [2.24, 2.45) is 0 Å². The number of nitrogens with zero attached hydrogens (tertiary/aromatic N) is 1. The molecule has 0 aliphatic heterocycles. The van der Waals surface area contributed by atoms with Crippen molar-refractivity contribution in [2.45, 2.75) is 48.0 Å². The molecule has 1 heterocycles. The lowest BCUT2D eigenvalue weighted by Gasteiger charge is -2.24. The summed E-state index contributed by atoms with van der Waals surface area (Å²) in [5, 5.41) is 10.8. The largest absolute Gasteiger partial charge is 0.481 e. The van der Waals surface area contributed by atoms with Gasteiger partial charge in [-0.05, 0) is 60.2 Å². The van der Waals surface area contributed by atoms with Crippen LogP contribution in [-0.4, -0.2) is 42.1 Å². The number of carboxylic acids is 1. The molecule has 0 saturated heterocycles. The van der Waals surface area contributed by atoms with Gasteiger partial charge in [0.05, 0.1) is 11.4 Å². The van der Waals surface area contributed by atoms with Crippen LogP contribution in [0.15, 0.2) is 45.5 Å². The van der Waals surface area contributed by atoms with Crippen molar-refractivity contribution in [3.8, 4) is 0 Å². The third kappa shape index (κ3) is 6.24. The number of hydrogen-bond acceptors (Lipinski definition) is 5. The average Bonchev–Trinajstić information content (AvgIpc) is 3.06. The maximum Gasteiger partial charge on any atom is 0.307 e. The number of hydrogen-bond donors (Lipinski definition) is 1. The topological polar surface area (TPSA) is 74.7 Å². The number of halogens is 2. The lowest BCUT2D eigenvalue weighted by molar-refractivity contribution is -0.136. The Morgan fingerprint density at radius 1 is 1.21 bits per heavy atom. The Hall–Kier alpha value is -1.29. The minimum atomic E-state index is -3.69. The van der Waals surface area contributed by atoms with E-state index in [1.807, 2.05) is 26.8 Å². The first-order chi connectivity index (χ1) is 15.5. The summed E-state index contributed by atoms with van der Waals surface area (Å²) in [7, 11) is -3.69. The summed E-state index contributed by atoms with van der Waals surface area (Å²) in [6, 6.07) is 10.6. The number of thioether (sulfide) groups is 1. The van der Waals surface area contributed by atoms with Crippen molar-refractivity contribution < 1.29 is 18.3 Å². The molecule has 10 heteroatoms. The van der Waals surface area contributed by atoms with Gasteiger partial charge in [0, 0.05) is 33.0 Å². The SMILES string of the molecule is CCCN(CC(C)Sc1ccc(CC(=O)O)cc1Cl)S(=O)(=O)c1sc2ccc(Cl)cc2c1C. The average molecular weight is 547 g/mol. The Morgan fingerprint density at radius 3 is 2.58 bits per heavy atom. The van der Waals surface area contributed by atoms with E-state index in [9.17, 15) is 13.2 Å². The van der Waals surface area contributed by atoms with Gasteiger partial charge in [0.15, 0.2) is 0 Å². The summed E-state index contributed by atoms with van der Waals surface area (Å²) < 4.78 is 30.0. The number of benzene rings is 2. The standard InChI is InChI=1S/C23H25Cl2NO4S3/c1-4-9-26(13-14(2)31-21-7-5-16(10-19(21)25)11-22(27)28)33(29,30)23-15(3)18-12-17(24)6-8-20(18)32-23/h5-8,10,12,14H,4,9,11,13H2,1-3H3,(H,27,28). The van der Waals surface area contributed by atoms with E-state index >= 15 is 0 Å². The minimum Gasteiger partial charge on any atom is -0.481 e. The second kappa shape index (κ2) is 11.0. The van der Waals surface area contributed by atoms with Gasteiger partial charge in [-0.2, -0.15) is 4.31 Å². The molecule has 1 aromatic heterocycles. The van der Waals surface area contributed by atoms with Gasteiger partial charge in [0.1, 0.15) is 4.21 Å². The molecule has 1 unspecified atom stereocenters. The van der Waals surface area contributed by atoms with Crippen LogP contribution in [0.2, 0.25) is 10.0 Å². The highest BCUT2D eigenvalue weighted by Crippen LogP contribution is 2.38. The van der Waals surface area contributed by atoms with Gasteiger partial charge >= 0.3 is 5.97 Å². The van der Waals surface area contributed by atoms with Crippen LogP contribution in [0, 0.1) is 6.92 Å². The van der Waals surface area contributed by atoms with Gasteiger partial charge in [-0.1, -0.05) is 43.1 Å². The zero-order valence-corrected chi connectivity index (χ0v) is 22.4. The first kappa shape index (κ1) is 26.3. The molecule has 3 rings (SSSR count). The Kier molecular flexibility index (Phi) is 8.75. The highest BCUT2D eigenvalue weighted by Gasteiger charge is 2.30. The van der Waals surface area contributed by atoms with Crippen molar-refractivity contribution in [3.63, 3.8) is 0 Å². The van der Waals surface area contributed by atoms with Crippen LogP contribution in [0.1, 0.15) is 31.4 Å². The smallest absolute Gasteiger partial charge is 0.307 e. The quantitative estimate of drug-likeness (QED) is 0.286. The molecule has 1 atom stereocenters.